The largest absolute Gasteiger partial charge is 0.317 e. The molecule has 3 heterocycles. The van der Waals surface area contributed by atoms with E-state index in [1.165, 1.54) is 50.5 Å². The molecule has 0 saturated heterocycles. The van der Waals surface area contributed by atoms with Gasteiger partial charge in [0.1, 0.15) is 11.9 Å². The second-order valence-electron chi connectivity index (χ2n) is 7.62. The Bertz CT molecular complexity index is 1350. The standard InChI is InChI=1S/C24H25N4/c1-16-17(2)28(24-23(16)20-13-9-10-14-21(20)26(24)5)22-15-27(18(3)25(22)4)19-11-7-6-8-12-19/h6-15H,1-5H3/q+1. The number of hydrogen-bond acceptors (Lipinski definition) is 0. The summed E-state index contributed by atoms with van der Waals surface area (Å²) in [5, 5.41) is 2.67. The first-order valence-electron chi connectivity index (χ1n) is 9.69. The number of aryl methyl sites for hydroxylation is 2. The van der Waals surface area contributed by atoms with Crippen LogP contribution in [0.25, 0.3) is 33.4 Å². The van der Waals surface area contributed by atoms with Gasteiger partial charge in [0.25, 0.3) is 5.82 Å². The van der Waals surface area contributed by atoms with Crippen molar-refractivity contribution in [3.63, 3.8) is 0 Å². The molecular weight excluding hydrogens is 344 g/mol. The summed E-state index contributed by atoms with van der Waals surface area (Å²) in [4.78, 5) is 0. The maximum atomic E-state index is 2.40. The quantitative estimate of drug-likeness (QED) is 0.403. The Morgan fingerprint density at radius 1 is 0.857 bits per heavy atom. The van der Waals surface area contributed by atoms with Gasteiger partial charge in [-0.15, -0.1) is 0 Å². The molecule has 0 aliphatic rings. The third-order valence-electron chi connectivity index (χ3n) is 6.23. The van der Waals surface area contributed by atoms with Gasteiger partial charge in [0, 0.05) is 24.7 Å². The molecule has 4 nitrogen and oxygen atoms in total. The monoisotopic (exact) mass is 369 g/mol. The van der Waals surface area contributed by atoms with Crippen LogP contribution in [0.4, 0.5) is 0 Å². The van der Waals surface area contributed by atoms with Gasteiger partial charge in [0.15, 0.2) is 5.65 Å². The number of hydrogen-bond donors (Lipinski definition) is 0. The molecule has 0 N–H and O–H groups in total. The van der Waals surface area contributed by atoms with E-state index in [0.717, 1.165) is 0 Å². The fourth-order valence-electron chi connectivity index (χ4n) is 4.48. The van der Waals surface area contributed by atoms with Gasteiger partial charge in [0.2, 0.25) is 5.82 Å². The first kappa shape index (κ1) is 16.9. The molecule has 140 valence electrons. The highest BCUT2D eigenvalue weighted by Gasteiger charge is 2.27. The fraction of sp³-hybridized carbons (Fsp3) is 0.208. The first-order valence-corrected chi connectivity index (χ1v) is 9.69. The van der Waals surface area contributed by atoms with Crippen molar-refractivity contribution in [2.45, 2.75) is 20.8 Å². The predicted octanol–water partition coefficient (Wildman–Crippen LogP) is 4.66. The number of rotatable bonds is 2. The predicted molar refractivity (Wildman–Crippen MR) is 114 cm³/mol. The molecule has 3 aromatic heterocycles. The SMILES string of the molecule is Cc1c(C)n(-c2cn(-c3ccccc3)c(C)[n+]2C)c2c1c1ccccc1n2C. The van der Waals surface area contributed by atoms with Crippen LogP contribution in [0.5, 0.6) is 0 Å². The summed E-state index contributed by atoms with van der Waals surface area (Å²) in [6, 6.07) is 19.2. The van der Waals surface area contributed by atoms with E-state index in [1.54, 1.807) is 0 Å². The normalized spacial score (nSPS) is 11.8. The van der Waals surface area contributed by atoms with E-state index in [0.29, 0.717) is 0 Å². The molecular formula is C24H25N4+. The minimum Gasteiger partial charge on any atom is -0.317 e. The third kappa shape index (κ3) is 2.09. The van der Waals surface area contributed by atoms with E-state index in [4.69, 9.17) is 0 Å². The Morgan fingerprint density at radius 3 is 2.29 bits per heavy atom. The maximum absolute atomic E-state index is 2.40. The average molecular weight is 369 g/mol. The molecule has 5 rings (SSSR count). The van der Waals surface area contributed by atoms with Crippen LogP contribution in [0.2, 0.25) is 0 Å². The molecule has 0 spiro atoms. The van der Waals surface area contributed by atoms with Crippen molar-refractivity contribution in [1.82, 2.24) is 13.7 Å². The number of fused-ring (bicyclic) bond motifs is 3. The Labute approximate surface area is 164 Å². The molecule has 2 aromatic carbocycles. The van der Waals surface area contributed by atoms with E-state index in [1.807, 2.05) is 0 Å². The van der Waals surface area contributed by atoms with Gasteiger partial charge in [-0.05, 0) is 37.6 Å². The molecule has 0 radical (unpaired) electrons. The van der Waals surface area contributed by atoms with Gasteiger partial charge in [0.05, 0.1) is 18.3 Å². The molecule has 0 aliphatic heterocycles. The van der Waals surface area contributed by atoms with Crippen LogP contribution in [0.1, 0.15) is 17.1 Å². The van der Waals surface area contributed by atoms with Crippen LogP contribution in [-0.4, -0.2) is 13.7 Å². The Kier molecular flexibility index (Phi) is 3.53. The van der Waals surface area contributed by atoms with Crippen molar-refractivity contribution in [3.8, 4) is 11.5 Å². The lowest BCUT2D eigenvalue weighted by Crippen LogP contribution is -2.35. The average Bonchev–Trinajstić information content (AvgIpc) is 3.27. The number of para-hydroxylation sites is 2. The van der Waals surface area contributed by atoms with Crippen molar-refractivity contribution in [3.05, 3.63) is 77.9 Å². The van der Waals surface area contributed by atoms with Gasteiger partial charge in [-0.25, -0.2) is 13.7 Å². The van der Waals surface area contributed by atoms with Crippen LogP contribution in [-0.2, 0) is 14.1 Å². The zero-order valence-corrected chi connectivity index (χ0v) is 17.1. The van der Waals surface area contributed by atoms with Gasteiger partial charge in [-0.1, -0.05) is 36.4 Å². The Hall–Kier alpha value is -3.27. The summed E-state index contributed by atoms with van der Waals surface area (Å²) in [7, 11) is 4.31. The number of aromatic nitrogens is 4. The van der Waals surface area contributed by atoms with Crippen molar-refractivity contribution in [2.75, 3.05) is 0 Å². The zero-order valence-electron chi connectivity index (χ0n) is 17.1. The summed E-state index contributed by atoms with van der Waals surface area (Å²) >= 11 is 0. The number of imidazole rings is 1. The molecule has 0 saturated carbocycles. The highest BCUT2D eigenvalue weighted by molar-refractivity contribution is 6.09. The van der Waals surface area contributed by atoms with Crippen LogP contribution >= 0.6 is 0 Å². The van der Waals surface area contributed by atoms with Crippen molar-refractivity contribution in [2.24, 2.45) is 14.1 Å². The van der Waals surface area contributed by atoms with Gasteiger partial charge < -0.3 is 4.57 Å². The van der Waals surface area contributed by atoms with Crippen molar-refractivity contribution >= 4 is 21.9 Å². The van der Waals surface area contributed by atoms with Crippen molar-refractivity contribution in [1.29, 1.82) is 0 Å². The molecule has 0 amide bonds. The van der Waals surface area contributed by atoms with Crippen LogP contribution in [0.3, 0.4) is 0 Å². The molecule has 28 heavy (non-hydrogen) atoms. The maximum Gasteiger partial charge on any atom is 0.266 e. The highest BCUT2D eigenvalue weighted by Crippen LogP contribution is 2.35. The van der Waals surface area contributed by atoms with E-state index >= 15 is 0 Å². The van der Waals surface area contributed by atoms with E-state index < -0.39 is 0 Å². The molecule has 0 unspecified atom stereocenters. The molecule has 0 fully saturated rings. The minimum absolute atomic E-state index is 1.17. The zero-order chi connectivity index (χ0) is 19.6. The molecule has 5 aromatic rings. The van der Waals surface area contributed by atoms with E-state index in [2.05, 4.69) is 114 Å². The summed E-state index contributed by atoms with van der Waals surface area (Å²) < 4.78 is 9.26. The Balaban J connectivity index is 1.88. The molecule has 0 atom stereocenters. The summed E-state index contributed by atoms with van der Waals surface area (Å²) in [5.74, 6) is 2.36. The van der Waals surface area contributed by atoms with Crippen LogP contribution in [0, 0.1) is 20.8 Å². The second-order valence-corrected chi connectivity index (χ2v) is 7.62. The van der Waals surface area contributed by atoms with Crippen molar-refractivity contribution < 1.29 is 4.57 Å². The van der Waals surface area contributed by atoms with Crippen LogP contribution in [0.15, 0.2) is 60.8 Å². The van der Waals surface area contributed by atoms with E-state index in [9.17, 15) is 0 Å². The first-order chi connectivity index (χ1) is 13.5. The topological polar surface area (TPSA) is 18.7 Å². The molecule has 0 bridgehead atoms. The summed E-state index contributed by atoms with van der Waals surface area (Å²) in [5.41, 5.74) is 6.32. The lowest BCUT2D eigenvalue weighted by molar-refractivity contribution is -0.671. The molecule has 4 heteroatoms. The van der Waals surface area contributed by atoms with Gasteiger partial charge in [-0.2, -0.15) is 0 Å². The van der Waals surface area contributed by atoms with E-state index in [-0.39, 0.29) is 0 Å². The third-order valence-corrected chi connectivity index (χ3v) is 6.23. The number of nitrogens with zero attached hydrogens (tertiary/aromatic N) is 4. The lowest BCUT2D eigenvalue weighted by Gasteiger charge is -2.05. The summed E-state index contributed by atoms with van der Waals surface area (Å²) in [6.45, 7) is 6.63. The lowest BCUT2D eigenvalue weighted by atomic mass is 10.1. The Morgan fingerprint density at radius 2 is 1.54 bits per heavy atom. The summed E-state index contributed by atoms with van der Waals surface area (Å²) in [6.07, 6.45) is 2.24. The molecule has 0 aliphatic carbocycles. The smallest absolute Gasteiger partial charge is 0.266 e. The second kappa shape index (κ2) is 5.86. The minimum atomic E-state index is 1.17. The van der Waals surface area contributed by atoms with Gasteiger partial charge in [-0.3, -0.25) is 0 Å². The highest BCUT2D eigenvalue weighted by atomic mass is 15.3. The van der Waals surface area contributed by atoms with Crippen LogP contribution < -0.4 is 4.57 Å². The number of benzene rings is 2. The fourth-order valence-corrected chi connectivity index (χ4v) is 4.48. The van der Waals surface area contributed by atoms with Gasteiger partial charge >= 0.3 is 0 Å².